The molecule has 1 aromatic carbocycles. The second-order valence-electron chi connectivity index (χ2n) is 4.42. The van der Waals surface area contributed by atoms with E-state index in [1.807, 2.05) is 0 Å². The molecule has 0 spiro atoms. The molecule has 3 aromatic rings. The molecule has 2 heterocycles. The summed E-state index contributed by atoms with van der Waals surface area (Å²) in [5, 5.41) is 1.72. The lowest BCUT2D eigenvalue weighted by Gasteiger charge is -2.04. The van der Waals surface area contributed by atoms with Crippen LogP contribution in [0.25, 0.3) is 11.1 Å². The van der Waals surface area contributed by atoms with Crippen LogP contribution in [-0.2, 0) is 16.4 Å². The third kappa shape index (κ3) is 3.07. The van der Waals surface area contributed by atoms with Gasteiger partial charge in [-0.25, -0.2) is 17.9 Å². The predicted molar refractivity (Wildman–Crippen MR) is 80.0 cm³/mol. The van der Waals surface area contributed by atoms with Crippen molar-refractivity contribution in [1.29, 1.82) is 0 Å². The lowest BCUT2D eigenvalue weighted by molar-refractivity contribution is 0.555. The Labute approximate surface area is 124 Å². The minimum atomic E-state index is -3.43. The van der Waals surface area contributed by atoms with Crippen LogP contribution in [-0.4, -0.2) is 19.9 Å². The fourth-order valence-electron chi connectivity index (χ4n) is 1.97. The molecule has 2 N–H and O–H groups in total. The molecule has 6 nitrogen and oxygen atoms in total. The van der Waals surface area contributed by atoms with Crippen molar-refractivity contribution < 1.29 is 12.8 Å². The van der Waals surface area contributed by atoms with E-state index >= 15 is 0 Å². The van der Waals surface area contributed by atoms with E-state index in [1.54, 1.807) is 35.7 Å². The van der Waals surface area contributed by atoms with Crippen molar-refractivity contribution in [2.45, 2.75) is 10.6 Å². The van der Waals surface area contributed by atoms with Crippen LogP contribution < -0.4 is 10.5 Å². The lowest BCUT2D eigenvalue weighted by Crippen LogP contribution is -2.25. The minimum absolute atomic E-state index is 0.286. The van der Waals surface area contributed by atoms with Gasteiger partial charge in [0.05, 0.1) is 5.52 Å². The number of nitrogens with one attached hydrogen (secondary N) is 2. The SMILES string of the molecule is O=c1[nH]c2cc(CCNS(=O)(=O)c3cccs3)ccc2o1. The molecule has 0 aliphatic carbocycles. The summed E-state index contributed by atoms with van der Waals surface area (Å²) < 4.78 is 31.6. The maximum atomic E-state index is 11.9. The van der Waals surface area contributed by atoms with Crippen LogP contribution in [0.15, 0.2) is 49.1 Å². The maximum Gasteiger partial charge on any atom is 0.417 e. The first-order chi connectivity index (χ1) is 10.0. The van der Waals surface area contributed by atoms with E-state index in [4.69, 9.17) is 4.42 Å². The Bertz CT molecular complexity index is 907. The van der Waals surface area contributed by atoms with Gasteiger partial charge in [-0.3, -0.25) is 4.98 Å². The molecule has 0 aliphatic rings. The van der Waals surface area contributed by atoms with Crippen LogP contribution >= 0.6 is 11.3 Å². The summed E-state index contributed by atoms with van der Waals surface area (Å²) in [6.45, 7) is 0.286. The number of sulfonamides is 1. The molecule has 0 bridgehead atoms. The summed E-state index contributed by atoms with van der Waals surface area (Å²) in [6, 6.07) is 8.53. The van der Waals surface area contributed by atoms with Crippen molar-refractivity contribution in [3.63, 3.8) is 0 Å². The summed E-state index contributed by atoms with van der Waals surface area (Å²) >= 11 is 1.18. The van der Waals surface area contributed by atoms with Crippen molar-refractivity contribution in [3.8, 4) is 0 Å². The quantitative estimate of drug-likeness (QED) is 0.747. The number of H-pyrrole nitrogens is 1. The zero-order valence-corrected chi connectivity index (χ0v) is 12.5. The maximum absolute atomic E-state index is 11.9. The lowest BCUT2D eigenvalue weighted by atomic mass is 10.1. The summed E-state index contributed by atoms with van der Waals surface area (Å²) in [7, 11) is -3.43. The number of hydrogen-bond donors (Lipinski definition) is 2. The first-order valence-electron chi connectivity index (χ1n) is 6.19. The second kappa shape index (κ2) is 5.47. The van der Waals surface area contributed by atoms with Crippen molar-refractivity contribution >= 4 is 32.5 Å². The number of fused-ring (bicyclic) bond motifs is 1. The summed E-state index contributed by atoms with van der Waals surface area (Å²) in [5.74, 6) is -0.499. The monoisotopic (exact) mass is 324 g/mol. The third-order valence-electron chi connectivity index (χ3n) is 2.95. The summed E-state index contributed by atoms with van der Waals surface area (Å²) in [6.07, 6.45) is 0.522. The van der Waals surface area contributed by atoms with Crippen LogP contribution in [0.2, 0.25) is 0 Å². The smallest absolute Gasteiger partial charge is 0.408 e. The zero-order valence-electron chi connectivity index (χ0n) is 10.8. The highest BCUT2D eigenvalue weighted by molar-refractivity contribution is 7.91. The van der Waals surface area contributed by atoms with Gasteiger partial charge in [0.1, 0.15) is 4.21 Å². The van der Waals surface area contributed by atoms with Gasteiger partial charge in [0.15, 0.2) is 5.58 Å². The van der Waals surface area contributed by atoms with E-state index in [1.165, 1.54) is 11.3 Å². The average Bonchev–Trinajstić information content (AvgIpc) is 3.06. The van der Waals surface area contributed by atoms with Crippen molar-refractivity contribution in [3.05, 3.63) is 51.8 Å². The van der Waals surface area contributed by atoms with Gasteiger partial charge in [0.2, 0.25) is 10.0 Å². The molecule has 2 aromatic heterocycles. The number of oxazole rings is 1. The zero-order chi connectivity index (χ0) is 14.9. The molecule has 8 heteroatoms. The molecule has 3 rings (SSSR count). The van der Waals surface area contributed by atoms with Crippen LogP contribution in [0, 0.1) is 0 Å². The summed E-state index contributed by atoms with van der Waals surface area (Å²) in [5.41, 5.74) is 2.01. The van der Waals surface area contributed by atoms with Gasteiger partial charge in [-0.05, 0) is 35.6 Å². The molecule has 0 atom stereocenters. The Hall–Kier alpha value is -1.90. The molecule has 0 saturated heterocycles. The van der Waals surface area contributed by atoms with Gasteiger partial charge in [-0.1, -0.05) is 12.1 Å². The van der Waals surface area contributed by atoms with Crippen molar-refractivity contribution in [2.75, 3.05) is 6.54 Å². The Morgan fingerprint density at radius 1 is 1.29 bits per heavy atom. The number of rotatable bonds is 5. The van der Waals surface area contributed by atoms with E-state index in [9.17, 15) is 13.2 Å². The number of benzene rings is 1. The van der Waals surface area contributed by atoms with E-state index in [0.29, 0.717) is 21.7 Å². The number of hydrogen-bond acceptors (Lipinski definition) is 5. The fourth-order valence-corrected chi connectivity index (χ4v) is 4.04. The topological polar surface area (TPSA) is 92.2 Å². The Morgan fingerprint density at radius 2 is 2.14 bits per heavy atom. The van der Waals surface area contributed by atoms with Gasteiger partial charge in [0, 0.05) is 6.54 Å². The largest absolute Gasteiger partial charge is 0.417 e. The normalized spacial score (nSPS) is 12.0. The van der Waals surface area contributed by atoms with Gasteiger partial charge in [0.25, 0.3) is 0 Å². The van der Waals surface area contributed by atoms with Crippen molar-refractivity contribution in [1.82, 2.24) is 9.71 Å². The van der Waals surface area contributed by atoms with Crippen LogP contribution in [0.4, 0.5) is 0 Å². The van der Waals surface area contributed by atoms with E-state index in [0.717, 1.165) is 5.56 Å². The molecular weight excluding hydrogens is 312 g/mol. The molecule has 0 aliphatic heterocycles. The van der Waals surface area contributed by atoms with Gasteiger partial charge in [-0.15, -0.1) is 11.3 Å². The first kappa shape index (κ1) is 14.1. The first-order valence-corrected chi connectivity index (χ1v) is 8.56. The minimum Gasteiger partial charge on any atom is -0.408 e. The van der Waals surface area contributed by atoms with Crippen LogP contribution in [0.1, 0.15) is 5.56 Å². The molecule has 0 unspecified atom stereocenters. The third-order valence-corrected chi connectivity index (χ3v) is 5.81. The van der Waals surface area contributed by atoms with Gasteiger partial charge < -0.3 is 4.42 Å². The molecule has 0 radical (unpaired) electrons. The Kier molecular flexibility index (Phi) is 3.66. The highest BCUT2D eigenvalue weighted by Gasteiger charge is 2.14. The molecule has 0 amide bonds. The number of aromatic amines is 1. The molecule has 21 heavy (non-hydrogen) atoms. The number of thiophene rings is 1. The molecular formula is C13H12N2O4S2. The standard InChI is InChI=1S/C13H12N2O4S2/c16-13-15-10-8-9(3-4-11(10)19-13)5-6-14-21(17,18)12-2-1-7-20-12/h1-4,7-8,14H,5-6H2,(H,15,16). The highest BCUT2D eigenvalue weighted by Crippen LogP contribution is 2.16. The Morgan fingerprint density at radius 3 is 2.90 bits per heavy atom. The molecule has 0 saturated carbocycles. The van der Waals surface area contributed by atoms with Crippen LogP contribution in [0.5, 0.6) is 0 Å². The number of aromatic nitrogens is 1. The molecule has 110 valence electrons. The van der Waals surface area contributed by atoms with Crippen LogP contribution in [0.3, 0.4) is 0 Å². The summed E-state index contributed by atoms with van der Waals surface area (Å²) in [4.78, 5) is 13.6. The fraction of sp³-hybridized carbons (Fsp3) is 0.154. The average molecular weight is 324 g/mol. The van der Waals surface area contributed by atoms with Gasteiger partial charge in [-0.2, -0.15) is 0 Å². The van der Waals surface area contributed by atoms with E-state index in [-0.39, 0.29) is 6.54 Å². The Balaban J connectivity index is 1.68. The van der Waals surface area contributed by atoms with Gasteiger partial charge >= 0.3 is 5.76 Å². The highest BCUT2D eigenvalue weighted by atomic mass is 32.2. The van der Waals surface area contributed by atoms with E-state index < -0.39 is 15.8 Å². The molecule has 0 fully saturated rings. The second-order valence-corrected chi connectivity index (χ2v) is 7.37. The predicted octanol–water partition coefficient (Wildman–Crippen LogP) is 1.70. The van der Waals surface area contributed by atoms with Crippen molar-refractivity contribution in [2.24, 2.45) is 0 Å². The van der Waals surface area contributed by atoms with E-state index in [2.05, 4.69) is 9.71 Å².